The highest BCUT2D eigenvalue weighted by molar-refractivity contribution is 5.81. The molecule has 0 bridgehead atoms. The molecule has 0 amide bonds. The van der Waals surface area contributed by atoms with Gasteiger partial charge in [0.05, 0.1) is 31.0 Å². The van der Waals surface area contributed by atoms with Gasteiger partial charge in [-0.3, -0.25) is 0 Å². The van der Waals surface area contributed by atoms with Crippen molar-refractivity contribution in [3.05, 3.63) is 30.6 Å². The number of aromatic nitrogens is 2. The van der Waals surface area contributed by atoms with E-state index in [2.05, 4.69) is 10.3 Å². The lowest BCUT2D eigenvalue weighted by Crippen LogP contribution is -2.53. The fourth-order valence-corrected chi connectivity index (χ4v) is 2.29. The van der Waals surface area contributed by atoms with Crippen LogP contribution in [0.4, 0.5) is 0 Å². The van der Waals surface area contributed by atoms with Gasteiger partial charge in [-0.05, 0) is 25.6 Å². The normalized spacial score (nSPS) is 14.3. The molecule has 0 spiro atoms. The van der Waals surface area contributed by atoms with Crippen LogP contribution in [0, 0.1) is 0 Å². The Kier molecular flexibility index (Phi) is 3.85. The number of imidazole rings is 1. The van der Waals surface area contributed by atoms with E-state index in [1.54, 1.807) is 6.33 Å². The van der Waals surface area contributed by atoms with Crippen molar-refractivity contribution in [1.29, 1.82) is 0 Å². The Hall–Kier alpha value is -1.88. The molecule has 2 aromatic rings. The predicted octanol–water partition coefficient (Wildman–Crippen LogP) is 1.58. The van der Waals surface area contributed by atoms with Gasteiger partial charge in [0.25, 0.3) is 0 Å². The van der Waals surface area contributed by atoms with Crippen molar-refractivity contribution in [1.82, 2.24) is 14.9 Å². The van der Waals surface area contributed by atoms with Crippen LogP contribution in [0.3, 0.4) is 0 Å². The summed E-state index contributed by atoms with van der Waals surface area (Å²) in [5.74, 6) is -0.271. The highest BCUT2D eigenvalue weighted by atomic mass is 16.5. The molecule has 0 fully saturated rings. The molecular weight excluding hydrogens is 242 g/mol. The van der Waals surface area contributed by atoms with E-state index in [9.17, 15) is 4.79 Å². The summed E-state index contributed by atoms with van der Waals surface area (Å²) in [6.45, 7) is 4.98. The molecule has 0 aliphatic rings. The SMILES string of the molecule is CCNC(C)(Cn1cnc2ccccc21)C(=O)OC. The van der Waals surface area contributed by atoms with Gasteiger partial charge in [0.2, 0.25) is 0 Å². The second-order valence-electron chi connectivity index (χ2n) is 4.72. The molecule has 1 heterocycles. The summed E-state index contributed by atoms with van der Waals surface area (Å²) in [5.41, 5.74) is 1.18. The van der Waals surface area contributed by atoms with Crippen molar-refractivity contribution >= 4 is 17.0 Å². The first kappa shape index (κ1) is 13.5. The Labute approximate surface area is 112 Å². The molecule has 1 aromatic heterocycles. The number of ether oxygens (including phenoxy) is 1. The van der Waals surface area contributed by atoms with Crippen LogP contribution in [0.15, 0.2) is 30.6 Å². The Morgan fingerprint density at radius 2 is 2.21 bits per heavy atom. The lowest BCUT2D eigenvalue weighted by Gasteiger charge is -2.28. The molecule has 0 aliphatic heterocycles. The number of fused-ring (bicyclic) bond motifs is 1. The van der Waals surface area contributed by atoms with Crippen LogP contribution in [0.5, 0.6) is 0 Å². The third kappa shape index (κ3) is 2.61. The summed E-state index contributed by atoms with van der Waals surface area (Å²) in [6.07, 6.45) is 1.75. The molecular formula is C14H19N3O2. The largest absolute Gasteiger partial charge is 0.468 e. The van der Waals surface area contributed by atoms with Crippen LogP contribution in [-0.4, -0.2) is 34.7 Å². The Morgan fingerprint density at radius 3 is 2.89 bits per heavy atom. The van der Waals surface area contributed by atoms with Gasteiger partial charge in [0.15, 0.2) is 0 Å². The second-order valence-corrected chi connectivity index (χ2v) is 4.72. The van der Waals surface area contributed by atoms with Crippen molar-refractivity contribution in [3.8, 4) is 0 Å². The van der Waals surface area contributed by atoms with Crippen LogP contribution < -0.4 is 5.32 Å². The lowest BCUT2D eigenvalue weighted by atomic mass is 10.0. The Bertz CT molecular complexity index is 579. The van der Waals surface area contributed by atoms with E-state index < -0.39 is 5.54 Å². The molecule has 5 nitrogen and oxygen atoms in total. The third-order valence-electron chi connectivity index (χ3n) is 3.22. The van der Waals surface area contributed by atoms with E-state index in [1.165, 1.54) is 7.11 Å². The molecule has 0 saturated heterocycles. The maximum absolute atomic E-state index is 12.0. The van der Waals surface area contributed by atoms with E-state index in [1.807, 2.05) is 42.7 Å². The van der Waals surface area contributed by atoms with Gasteiger partial charge in [-0.1, -0.05) is 19.1 Å². The first-order chi connectivity index (χ1) is 9.10. The van der Waals surface area contributed by atoms with Crippen molar-refractivity contribution in [2.75, 3.05) is 13.7 Å². The van der Waals surface area contributed by atoms with Crippen molar-refractivity contribution < 1.29 is 9.53 Å². The first-order valence-electron chi connectivity index (χ1n) is 6.34. The monoisotopic (exact) mass is 261 g/mol. The molecule has 2 rings (SSSR count). The van der Waals surface area contributed by atoms with Crippen LogP contribution in [0.25, 0.3) is 11.0 Å². The van der Waals surface area contributed by atoms with Gasteiger partial charge in [-0.2, -0.15) is 0 Å². The molecule has 1 atom stereocenters. The number of methoxy groups -OCH3 is 1. The van der Waals surface area contributed by atoms with Crippen LogP contribution >= 0.6 is 0 Å². The van der Waals surface area contributed by atoms with Crippen molar-refractivity contribution in [3.63, 3.8) is 0 Å². The molecule has 1 unspecified atom stereocenters. The van der Waals surface area contributed by atoms with Gasteiger partial charge in [0.1, 0.15) is 5.54 Å². The number of carbonyl (C=O) groups is 1. The standard InChI is InChI=1S/C14H19N3O2/c1-4-16-14(2,13(18)19-3)9-17-10-15-11-7-5-6-8-12(11)17/h5-8,10,16H,4,9H2,1-3H3. The summed E-state index contributed by atoms with van der Waals surface area (Å²) in [6, 6.07) is 7.85. The van der Waals surface area contributed by atoms with Gasteiger partial charge in [0, 0.05) is 0 Å². The Morgan fingerprint density at radius 1 is 1.47 bits per heavy atom. The summed E-state index contributed by atoms with van der Waals surface area (Å²) in [5, 5.41) is 3.19. The summed E-state index contributed by atoms with van der Waals surface area (Å²) >= 11 is 0. The minimum atomic E-state index is -0.757. The third-order valence-corrected chi connectivity index (χ3v) is 3.22. The fourth-order valence-electron chi connectivity index (χ4n) is 2.29. The van der Waals surface area contributed by atoms with Crippen LogP contribution in [-0.2, 0) is 16.1 Å². The number of nitrogens with zero attached hydrogens (tertiary/aromatic N) is 2. The first-order valence-corrected chi connectivity index (χ1v) is 6.34. The molecule has 0 aliphatic carbocycles. The summed E-state index contributed by atoms with van der Waals surface area (Å²) < 4.78 is 6.86. The van der Waals surface area contributed by atoms with E-state index in [-0.39, 0.29) is 5.97 Å². The van der Waals surface area contributed by atoms with Crippen molar-refractivity contribution in [2.24, 2.45) is 0 Å². The molecule has 19 heavy (non-hydrogen) atoms. The number of esters is 1. The minimum Gasteiger partial charge on any atom is -0.468 e. The zero-order valence-corrected chi connectivity index (χ0v) is 11.5. The fraction of sp³-hybridized carbons (Fsp3) is 0.429. The van der Waals surface area contributed by atoms with Crippen molar-refractivity contribution in [2.45, 2.75) is 25.9 Å². The number of nitrogens with one attached hydrogen (secondary N) is 1. The average molecular weight is 261 g/mol. The number of hydrogen-bond donors (Lipinski definition) is 1. The van der Waals surface area contributed by atoms with Crippen LogP contribution in [0.1, 0.15) is 13.8 Å². The molecule has 102 valence electrons. The van der Waals surface area contributed by atoms with E-state index in [0.29, 0.717) is 13.1 Å². The summed E-state index contributed by atoms with van der Waals surface area (Å²) in [7, 11) is 1.41. The average Bonchev–Trinajstić information content (AvgIpc) is 2.81. The van der Waals surface area contributed by atoms with Gasteiger partial charge < -0.3 is 14.6 Å². The van der Waals surface area contributed by atoms with Gasteiger partial charge in [-0.25, -0.2) is 9.78 Å². The Balaban J connectivity index is 2.33. The zero-order valence-electron chi connectivity index (χ0n) is 11.5. The molecule has 5 heteroatoms. The highest BCUT2D eigenvalue weighted by Crippen LogP contribution is 2.17. The van der Waals surface area contributed by atoms with E-state index in [4.69, 9.17) is 4.74 Å². The smallest absolute Gasteiger partial charge is 0.327 e. The second kappa shape index (κ2) is 5.40. The van der Waals surface area contributed by atoms with Crippen LogP contribution in [0.2, 0.25) is 0 Å². The molecule has 0 radical (unpaired) electrons. The maximum atomic E-state index is 12.0. The number of carbonyl (C=O) groups excluding carboxylic acids is 1. The highest BCUT2D eigenvalue weighted by Gasteiger charge is 2.34. The number of hydrogen-bond acceptors (Lipinski definition) is 4. The quantitative estimate of drug-likeness (QED) is 0.830. The molecule has 0 saturated carbocycles. The van der Waals surface area contributed by atoms with E-state index in [0.717, 1.165) is 11.0 Å². The number of likely N-dealkylation sites (N-methyl/N-ethyl adjacent to an activating group) is 1. The minimum absolute atomic E-state index is 0.271. The molecule has 1 aromatic carbocycles. The summed E-state index contributed by atoms with van der Waals surface area (Å²) in [4.78, 5) is 16.3. The van der Waals surface area contributed by atoms with Gasteiger partial charge >= 0.3 is 5.97 Å². The number of benzene rings is 1. The zero-order chi connectivity index (χ0) is 13.9. The van der Waals surface area contributed by atoms with Gasteiger partial charge in [-0.15, -0.1) is 0 Å². The van der Waals surface area contributed by atoms with E-state index >= 15 is 0 Å². The predicted molar refractivity (Wildman–Crippen MR) is 73.8 cm³/mol. The lowest BCUT2D eigenvalue weighted by molar-refractivity contribution is -0.148. The number of para-hydroxylation sites is 2. The topological polar surface area (TPSA) is 56.2 Å². The maximum Gasteiger partial charge on any atom is 0.327 e. The number of rotatable bonds is 5. The molecule has 1 N–H and O–H groups in total.